The highest BCUT2D eigenvalue weighted by molar-refractivity contribution is 6.00. The molecule has 0 amide bonds. The third-order valence-electron chi connectivity index (χ3n) is 6.19. The minimum atomic E-state index is -2.03. The molecule has 7 nitrogen and oxygen atoms in total. The van der Waals surface area contributed by atoms with Crippen LogP contribution in [-0.2, 0) is 23.9 Å². The molecule has 2 aliphatic heterocycles. The van der Waals surface area contributed by atoms with E-state index in [-0.39, 0.29) is 18.8 Å². The highest BCUT2D eigenvalue weighted by atomic mass is 16.6. The number of fused-ring (bicyclic) bond motifs is 4. The van der Waals surface area contributed by atoms with Crippen molar-refractivity contribution in [1.82, 2.24) is 0 Å². The van der Waals surface area contributed by atoms with Gasteiger partial charge in [-0.25, -0.2) is 9.59 Å². The lowest BCUT2D eigenvalue weighted by Crippen LogP contribution is -2.71. The molecule has 2 saturated heterocycles. The second kappa shape index (κ2) is 3.60. The van der Waals surface area contributed by atoms with Gasteiger partial charge < -0.3 is 19.7 Å². The molecule has 0 aromatic carbocycles. The third kappa shape index (κ3) is 1.10. The first-order valence-corrected chi connectivity index (χ1v) is 7.24. The molecule has 4 aliphatic rings. The van der Waals surface area contributed by atoms with Gasteiger partial charge in [-0.3, -0.25) is 4.79 Å². The number of aliphatic hydroxyl groups is 2. The number of aliphatic hydroxyl groups excluding tert-OH is 1. The number of rotatable bonds is 0. The van der Waals surface area contributed by atoms with E-state index in [1.807, 2.05) is 0 Å². The largest absolute Gasteiger partial charge is 0.462 e. The second-order valence-electron chi connectivity index (χ2n) is 6.93. The molecule has 2 N–H and O–H groups in total. The predicted octanol–water partition coefficient (Wildman–Crippen LogP) is -0.898. The molecule has 1 saturated carbocycles. The quantitative estimate of drug-likeness (QED) is 0.558. The number of carbonyl (C=O) groups is 3. The summed E-state index contributed by atoms with van der Waals surface area (Å²) in [6.45, 7) is 3.15. The number of ketones is 1. The number of cyclic esters (lactones) is 1. The Labute approximate surface area is 125 Å². The van der Waals surface area contributed by atoms with Crippen molar-refractivity contribution in [2.45, 2.75) is 38.1 Å². The highest BCUT2D eigenvalue weighted by Gasteiger charge is 2.78. The van der Waals surface area contributed by atoms with Gasteiger partial charge in [0.05, 0.1) is 5.41 Å². The van der Waals surface area contributed by atoms with E-state index in [0.717, 1.165) is 0 Å². The van der Waals surface area contributed by atoms with Gasteiger partial charge in [0.2, 0.25) is 5.60 Å². The van der Waals surface area contributed by atoms with Gasteiger partial charge in [-0.1, -0.05) is 6.92 Å². The number of esters is 2. The first kappa shape index (κ1) is 13.9. The minimum Gasteiger partial charge on any atom is -0.462 e. The molecule has 3 fully saturated rings. The third-order valence-corrected chi connectivity index (χ3v) is 6.19. The Morgan fingerprint density at radius 1 is 1.32 bits per heavy atom. The van der Waals surface area contributed by atoms with Crippen molar-refractivity contribution < 1.29 is 34.1 Å². The van der Waals surface area contributed by atoms with Gasteiger partial charge in [-0.15, -0.1) is 0 Å². The molecule has 22 heavy (non-hydrogen) atoms. The van der Waals surface area contributed by atoms with Crippen LogP contribution in [0.4, 0.5) is 0 Å². The molecular weight excluding hydrogens is 292 g/mol. The topological polar surface area (TPSA) is 110 Å². The Hall–Kier alpha value is -1.73. The van der Waals surface area contributed by atoms with Crippen molar-refractivity contribution >= 4 is 17.7 Å². The summed E-state index contributed by atoms with van der Waals surface area (Å²) in [6.07, 6.45) is -1.24. The molecule has 0 aromatic rings. The van der Waals surface area contributed by atoms with Gasteiger partial charge in [0.1, 0.15) is 12.7 Å². The second-order valence-corrected chi connectivity index (χ2v) is 6.93. The maximum absolute atomic E-state index is 12.3. The van der Waals surface area contributed by atoms with Crippen molar-refractivity contribution in [2.75, 3.05) is 6.61 Å². The van der Waals surface area contributed by atoms with Gasteiger partial charge in [-0.05, 0) is 18.6 Å². The molecule has 4 unspecified atom stereocenters. The number of carbonyl (C=O) groups excluding carboxylic acids is 3. The van der Waals surface area contributed by atoms with E-state index >= 15 is 0 Å². The van der Waals surface area contributed by atoms with Crippen molar-refractivity contribution in [2.24, 2.45) is 16.7 Å². The fourth-order valence-corrected chi connectivity index (χ4v) is 4.77. The Morgan fingerprint density at radius 3 is 2.68 bits per heavy atom. The number of ether oxygens (including phenoxy) is 2. The highest BCUT2D eigenvalue weighted by Crippen LogP contribution is 2.66. The van der Waals surface area contributed by atoms with Gasteiger partial charge in [-0.2, -0.15) is 0 Å². The van der Waals surface area contributed by atoms with Gasteiger partial charge >= 0.3 is 11.9 Å². The average molecular weight is 308 g/mol. The molecule has 1 spiro atoms. The lowest BCUT2D eigenvalue weighted by Gasteiger charge is -2.57. The van der Waals surface area contributed by atoms with Crippen LogP contribution in [-0.4, -0.2) is 52.4 Å². The lowest BCUT2D eigenvalue weighted by atomic mass is 9.49. The summed E-state index contributed by atoms with van der Waals surface area (Å²) in [7, 11) is 0. The van der Waals surface area contributed by atoms with Crippen LogP contribution in [0.5, 0.6) is 0 Å². The zero-order chi connectivity index (χ0) is 16.1. The first-order chi connectivity index (χ1) is 10.2. The van der Waals surface area contributed by atoms with E-state index < -0.39 is 46.5 Å². The van der Waals surface area contributed by atoms with Crippen LogP contribution in [0.1, 0.15) is 20.3 Å². The molecular formula is C15H16O7. The van der Waals surface area contributed by atoms with E-state index in [4.69, 9.17) is 9.47 Å². The monoisotopic (exact) mass is 308 g/mol. The summed E-state index contributed by atoms with van der Waals surface area (Å²) >= 11 is 0. The van der Waals surface area contributed by atoms with Crippen LogP contribution in [0.25, 0.3) is 0 Å². The van der Waals surface area contributed by atoms with Crippen LogP contribution >= 0.6 is 0 Å². The molecule has 7 heteroatoms. The maximum Gasteiger partial charge on any atom is 0.343 e. The Morgan fingerprint density at radius 2 is 2.00 bits per heavy atom. The van der Waals surface area contributed by atoms with E-state index in [1.54, 1.807) is 13.8 Å². The molecule has 2 heterocycles. The summed E-state index contributed by atoms with van der Waals surface area (Å²) in [5, 5.41) is 21.4. The molecule has 0 aromatic heterocycles. The molecule has 6 atom stereocenters. The normalized spacial score (nSPS) is 52.6. The number of hydrogen-bond acceptors (Lipinski definition) is 7. The fraction of sp³-hybridized carbons (Fsp3) is 0.667. The number of allylic oxidation sites excluding steroid dienone is 1. The smallest absolute Gasteiger partial charge is 0.343 e. The van der Waals surface area contributed by atoms with Crippen LogP contribution in [0.3, 0.4) is 0 Å². The standard InChI is InChI=1S/C15H16O7/c1-6-7(16)3-8-13(2)5-21-12(19)15(13,20)9-4-14(6,8)10(17)11(18)22-9/h3,6,9-10,17,20H,4-5H2,1-2H3/t6-,9?,10+,13?,14?,15?/m0/s1. The Kier molecular flexibility index (Phi) is 2.27. The summed E-state index contributed by atoms with van der Waals surface area (Å²) < 4.78 is 10.2. The Balaban J connectivity index is 2.02. The van der Waals surface area contributed by atoms with E-state index in [0.29, 0.717) is 5.57 Å². The van der Waals surface area contributed by atoms with Crippen molar-refractivity contribution in [1.29, 1.82) is 0 Å². The van der Waals surface area contributed by atoms with E-state index in [2.05, 4.69) is 0 Å². The predicted molar refractivity (Wildman–Crippen MR) is 69.2 cm³/mol. The SMILES string of the molecule is C[C@H]1C(=O)C=C2C13CC(OC(=O)[C@H]3O)C1(O)C(=O)OCC21C. The molecule has 2 bridgehead atoms. The summed E-state index contributed by atoms with van der Waals surface area (Å²) in [5.41, 5.74) is -3.94. The van der Waals surface area contributed by atoms with Crippen LogP contribution < -0.4 is 0 Å². The lowest BCUT2D eigenvalue weighted by molar-refractivity contribution is -0.232. The average Bonchev–Trinajstić information content (AvgIpc) is 2.87. The van der Waals surface area contributed by atoms with Crippen molar-refractivity contribution in [3.63, 3.8) is 0 Å². The van der Waals surface area contributed by atoms with Gasteiger partial charge in [0.15, 0.2) is 11.9 Å². The molecule has 2 aliphatic carbocycles. The van der Waals surface area contributed by atoms with Crippen LogP contribution in [0.2, 0.25) is 0 Å². The first-order valence-electron chi connectivity index (χ1n) is 7.24. The van der Waals surface area contributed by atoms with Crippen molar-refractivity contribution in [3.05, 3.63) is 11.6 Å². The van der Waals surface area contributed by atoms with Gasteiger partial charge in [0.25, 0.3) is 0 Å². The number of hydrogen-bond donors (Lipinski definition) is 2. The van der Waals surface area contributed by atoms with Gasteiger partial charge in [0, 0.05) is 17.8 Å². The fourth-order valence-electron chi connectivity index (χ4n) is 4.77. The Bertz CT molecular complexity index is 667. The van der Waals surface area contributed by atoms with E-state index in [9.17, 15) is 24.6 Å². The van der Waals surface area contributed by atoms with Crippen LogP contribution in [0.15, 0.2) is 11.6 Å². The van der Waals surface area contributed by atoms with Crippen LogP contribution in [0, 0.1) is 16.7 Å². The summed E-state index contributed by atoms with van der Waals surface area (Å²) in [5.74, 6) is -2.62. The minimum absolute atomic E-state index is 0.0276. The van der Waals surface area contributed by atoms with Crippen molar-refractivity contribution in [3.8, 4) is 0 Å². The molecule has 4 rings (SSSR count). The van der Waals surface area contributed by atoms with E-state index in [1.165, 1.54) is 6.08 Å². The maximum atomic E-state index is 12.3. The summed E-state index contributed by atoms with van der Waals surface area (Å²) in [4.78, 5) is 36.5. The molecule has 118 valence electrons. The zero-order valence-corrected chi connectivity index (χ0v) is 12.2. The molecule has 0 radical (unpaired) electrons. The zero-order valence-electron chi connectivity index (χ0n) is 12.2. The summed E-state index contributed by atoms with van der Waals surface area (Å²) in [6, 6.07) is 0.